The highest BCUT2D eigenvalue weighted by atomic mass is 32.2. The predicted molar refractivity (Wildman–Crippen MR) is 82.8 cm³/mol. The Labute approximate surface area is 123 Å². The smallest absolute Gasteiger partial charge is 0.173 e. The number of hydrogen-bond donors (Lipinski definition) is 3. The molecule has 1 aliphatic rings. The zero-order valence-corrected chi connectivity index (χ0v) is 12.4. The van der Waals surface area contributed by atoms with Crippen molar-refractivity contribution < 1.29 is 10.3 Å². The van der Waals surface area contributed by atoms with Gasteiger partial charge in [0, 0.05) is 23.2 Å². The number of nitrogens with zero attached hydrogens (tertiary/aromatic N) is 2. The van der Waals surface area contributed by atoms with Crippen LogP contribution in [-0.2, 0) is 0 Å². The highest BCUT2D eigenvalue weighted by Gasteiger charge is 2.31. The molecule has 1 aromatic carbocycles. The molecule has 0 aromatic heterocycles. The number of thioether (sulfide) groups is 1. The molecule has 5 nitrogen and oxygen atoms in total. The normalized spacial score (nSPS) is 15.4. The number of amidine groups is 1. The number of oxime groups is 1. The fraction of sp³-hybridized carbons (Fsp3) is 0.500. The molecule has 110 valence electrons. The molecule has 1 aliphatic carbocycles. The minimum absolute atomic E-state index is 0.0945. The fourth-order valence-corrected chi connectivity index (χ4v) is 3.18. The van der Waals surface area contributed by atoms with E-state index >= 15 is 0 Å². The van der Waals surface area contributed by atoms with E-state index < -0.39 is 0 Å². The molecule has 20 heavy (non-hydrogen) atoms. The first-order valence-corrected chi connectivity index (χ1v) is 7.82. The van der Waals surface area contributed by atoms with E-state index in [9.17, 15) is 5.11 Å². The van der Waals surface area contributed by atoms with Crippen molar-refractivity contribution >= 4 is 23.3 Å². The van der Waals surface area contributed by atoms with Gasteiger partial charge in [-0.05, 0) is 30.7 Å². The van der Waals surface area contributed by atoms with Crippen LogP contribution in [0.1, 0.15) is 25.3 Å². The monoisotopic (exact) mass is 295 g/mol. The first-order valence-electron chi connectivity index (χ1n) is 6.84. The molecule has 6 heteroatoms. The van der Waals surface area contributed by atoms with Crippen LogP contribution < -0.4 is 10.6 Å². The second kappa shape index (κ2) is 6.85. The van der Waals surface area contributed by atoms with Crippen molar-refractivity contribution in [1.82, 2.24) is 0 Å². The summed E-state index contributed by atoms with van der Waals surface area (Å²) in [6.07, 6.45) is 2.25. The van der Waals surface area contributed by atoms with Gasteiger partial charge in [0.25, 0.3) is 0 Å². The SMILES string of the molecule is CCSc1cccc(N(CCO)C2CC2)c1/C(N)=N/O. The lowest BCUT2D eigenvalue weighted by Gasteiger charge is -2.27. The van der Waals surface area contributed by atoms with Crippen LogP contribution in [0, 0.1) is 0 Å². The van der Waals surface area contributed by atoms with Gasteiger partial charge in [-0.2, -0.15) is 0 Å². The quantitative estimate of drug-likeness (QED) is 0.235. The molecular weight excluding hydrogens is 274 g/mol. The van der Waals surface area contributed by atoms with Gasteiger partial charge in [0.15, 0.2) is 5.84 Å². The molecule has 0 bridgehead atoms. The standard InChI is InChI=1S/C14H21N3O2S/c1-2-20-12-5-3-4-11(13(12)14(15)16-19)17(8-9-18)10-6-7-10/h3-5,10,18-19H,2,6-9H2,1H3,(H2,15,16). The van der Waals surface area contributed by atoms with Crippen molar-refractivity contribution in [3.05, 3.63) is 23.8 Å². The van der Waals surface area contributed by atoms with Gasteiger partial charge >= 0.3 is 0 Å². The maximum atomic E-state index is 9.28. The van der Waals surface area contributed by atoms with E-state index in [0.717, 1.165) is 34.7 Å². The average Bonchev–Trinajstić information content (AvgIpc) is 3.28. The maximum absolute atomic E-state index is 9.28. The van der Waals surface area contributed by atoms with E-state index in [2.05, 4.69) is 17.0 Å². The Morgan fingerprint density at radius 3 is 2.80 bits per heavy atom. The lowest BCUT2D eigenvalue weighted by Crippen LogP contribution is -2.31. The topological polar surface area (TPSA) is 82.1 Å². The third-order valence-electron chi connectivity index (χ3n) is 3.31. The zero-order valence-electron chi connectivity index (χ0n) is 11.6. The van der Waals surface area contributed by atoms with E-state index in [1.165, 1.54) is 0 Å². The molecule has 1 fully saturated rings. The highest BCUT2D eigenvalue weighted by molar-refractivity contribution is 7.99. The highest BCUT2D eigenvalue weighted by Crippen LogP contribution is 2.36. The maximum Gasteiger partial charge on any atom is 0.173 e. The number of nitrogens with two attached hydrogens (primary N) is 1. The van der Waals surface area contributed by atoms with Crippen LogP contribution in [-0.4, -0.2) is 41.1 Å². The molecule has 4 N–H and O–H groups in total. The Hall–Kier alpha value is -1.40. The third-order valence-corrected chi connectivity index (χ3v) is 4.25. The molecule has 0 aliphatic heterocycles. The van der Waals surface area contributed by atoms with Crippen molar-refractivity contribution in [3.63, 3.8) is 0 Å². The Bertz CT molecular complexity index is 489. The fourth-order valence-electron chi connectivity index (χ4n) is 2.34. The number of aliphatic hydroxyl groups excluding tert-OH is 1. The van der Waals surface area contributed by atoms with Crippen LogP contribution in [0.3, 0.4) is 0 Å². The summed E-state index contributed by atoms with van der Waals surface area (Å²) in [5, 5.41) is 21.5. The number of aliphatic hydroxyl groups is 1. The Morgan fingerprint density at radius 1 is 1.50 bits per heavy atom. The number of hydrogen-bond acceptors (Lipinski definition) is 5. The Morgan fingerprint density at radius 2 is 2.25 bits per heavy atom. The third kappa shape index (κ3) is 3.19. The summed E-state index contributed by atoms with van der Waals surface area (Å²) in [4.78, 5) is 3.16. The number of rotatable bonds is 7. The van der Waals surface area contributed by atoms with Crippen LogP contribution in [0.5, 0.6) is 0 Å². The van der Waals surface area contributed by atoms with Crippen LogP contribution in [0.15, 0.2) is 28.3 Å². The number of anilines is 1. The van der Waals surface area contributed by atoms with Crippen LogP contribution in [0.4, 0.5) is 5.69 Å². The van der Waals surface area contributed by atoms with Gasteiger partial charge in [0.05, 0.1) is 12.2 Å². The minimum Gasteiger partial charge on any atom is -0.409 e. The average molecular weight is 295 g/mol. The van der Waals surface area contributed by atoms with E-state index in [4.69, 9.17) is 10.9 Å². The molecule has 0 radical (unpaired) electrons. The van der Waals surface area contributed by atoms with E-state index in [0.29, 0.717) is 12.6 Å². The summed E-state index contributed by atoms with van der Waals surface area (Å²) in [5.41, 5.74) is 7.58. The van der Waals surface area contributed by atoms with Gasteiger partial charge < -0.3 is 20.9 Å². The van der Waals surface area contributed by atoms with Crippen LogP contribution in [0.25, 0.3) is 0 Å². The Kier molecular flexibility index (Phi) is 5.14. The van der Waals surface area contributed by atoms with Crippen molar-refractivity contribution in [3.8, 4) is 0 Å². The molecule has 0 spiro atoms. The predicted octanol–water partition coefficient (Wildman–Crippen LogP) is 1.85. The lowest BCUT2D eigenvalue weighted by atomic mass is 10.1. The number of benzene rings is 1. The summed E-state index contributed by atoms with van der Waals surface area (Å²) >= 11 is 1.67. The van der Waals surface area contributed by atoms with E-state index in [1.807, 2.05) is 18.2 Å². The molecule has 0 amide bonds. The first-order chi connectivity index (χ1) is 9.72. The van der Waals surface area contributed by atoms with Crippen molar-refractivity contribution in [2.24, 2.45) is 10.9 Å². The summed E-state index contributed by atoms with van der Waals surface area (Å²) in [6.45, 7) is 2.73. The zero-order chi connectivity index (χ0) is 14.5. The second-order valence-corrected chi connectivity index (χ2v) is 6.02. The van der Waals surface area contributed by atoms with Crippen LogP contribution >= 0.6 is 11.8 Å². The molecule has 2 rings (SSSR count). The van der Waals surface area contributed by atoms with Gasteiger partial charge in [-0.15, -0.1) is 11.8 Å². The van der Waals surface area contributed by atoms with Crippen molar-refractivity contribution in [2.45, 2.75) is 30.7 Å². The summed E-state index contributed by atoms with van der Waals surface area (Å²) < 4.78 is 0. The van der Waals surface area contributed by atoms with Crippen LogP contribution in [0.2, 0.25) is 0 Å². The summed E-state index contributed by atoms with van der Waals surface area (Å²) in [5.74, 6) is 1.04. The molecule has 0 unspecified atom stereocenters. The van der Waals surface area contributed by atoms with E-state index in [-0.39, 0.29) is 12.4 Å². The molecule has 0 atom stereocenters. The van der Waals surface area contributed by atoms with Gasteiger partial charge in [0.2, 0.25) is 0 Å². The molecule has 1 aromatic rings. The van der Waals surface area contributed by atoms with Gasteiger partial charge in [0.1, 0.15) is 0 Å². The van der Waals surface area contributed by atoms with Gasteiger partial charge in [-0.1, -0.05) is 18.1 Å². The Balaban J connectivity index is 2.46. The lowest BCUT2D eigenvalue weighted by molar-refractivity contribution is 0.301. The molecule has 0 saturated heterocycles. The summed E-state index contributed by atoms with van der Waals surface area (Å²) in [6, 6.07) is 6.39. The van der Waals surface area contributed by atoms with Crippen molar-refractivity contribution in [2.75, 3.05) is 23.8 Å². The second-order valence-electron chi connectivity index (χ2n) is 4.72. The largest absolute Gasteiger partial charge is 0.409 e. The molecular formula is C14H21N3O2S. The van der Waals surface area contributed by atoms with Gasteiger partial charge in [-0.3, -0.25) is 0 Å². The van der Waals surface area contributed by atoms with E-state index in [1.54, 1.807) is 11.8 Å². The minimum atomic E-state index is 0.0945. The summed E-state index contributed by atoms with van der Waals surface area (Å²) in [7, 11) is 0. The van der Waals surface area contributed by atoms with Gasteiger partial charge in [-0.25, -0.2) is 0 Å². The van der Waals surface area contributed by atoms with Crippen molar-refractivity contribution in [1.29, 1.82) is 0 Å². The first kappa shape index (κ1) is 15.0. The molecule has 1 saturated carbocycles. The molecule has 0 heterocycles.